The van der Waals surface area contributed by atoms with Gasteiger partial charge in [0.1, 0.15) is 11.8 Å². The summed E-state index contributed by atoms with van der Waals surface area (Å²) in [5.74, 6) is 0.413. The highest BCUT2D eigenvalue weighted by atomic mass is 16.5. The molecule has 0 spiro atoms. The van der Waals surface area contributed by atoms with Crippen molar-refractivity contribution in [3.05, 3.63) is 72.8 Å². The molecule has 3 rings (SSSR count). The maximum Gasteiger partial charge on any atom is 0.262 e. The predicted molar refractivity (Wildman–Crippen MR) is 89.4 cm³/mol. The molecule has 2 aromatic carbocycles. The van der Waals surface area contributed by atoms with Crippen LogP contribution < -0.4 is 9.64 Å². The highest BCUT2D eigenvalue weighted by Gasteiger charge is 2.60. The van der Waals surface area contributed by atoms with Gasteiger partial charge in [0, 0.05) is 12.1 Å². The van der Waals surface area contributed by atoms with E-state index in [2.05, 4.69) is 6.58 Å². The summed E-state index contributed by atoms with van der Waals surface area (Å²) in [4.78, 5) is 14.2. The quantitative estimate of drug-likeness (QED) is 0.682. The normalized spacial score (nSPS) is 23.3. The van der Waals surface area contributed by atoms with Crippen LogP contribution in [0.4, 0.5) is 5.69 Å². The molecule has 1 aliphatic heterocycles. The van der Waals surface area contributed by atoms with Crippen molar-refractivity contribution in [2.24, 2.45) is 0 Å². The number of ether oxygens (including phenoxy) is 1. The fourth-order valence-corrected chi connectivity index (χ4v) is 3.08. The minimum Gasteiger partial charge on any atom is -0.497 e. The number of carbonyl (C=O) groups is 1. The van der Waals surface area contributed by atoms with Gasteiger partial charge in [-0.1, -0.05) is 36.4 Å². The summed E-state index contributed by atoms with van der Waals surface area (Å²) < 4.78 is 5.15. The Morgan fingerprint density at radius 1 is 1.22 bits per heavy atom. The van der Waals surface area contributed by atoms with Crippen molar-refractivity contribution in [1.29, 1.82) is 0 Å². The van der Waals surface area contributed by atoms with Crippen LogP contribution in [0, 0.1) is 0 Å². The van der Waals surface area contributed by atoms with E-state index in [9.17, 15) is 9.90 Å². The van der Waals surface area contributed by atoms with E-state index < -0.39 is 11.6 Å². The molecule has 1 amide bonds. The van der Waals surface area contributed by atoms with E-state index in [-0.39, 0.29) is 12.3 Å². The van der Waals surface area contributed by atoms with Gasteiger partial charge in [-0.3, -0.25) is 9.69 Å². The maximum atomic E-state index is 12.6. The fourth-order valence-electron chi connectivity index (χ4n) is 3.08. The molecule has 0 saturated carbocycles. The Kier molecular flexibility index (Phi) is 3.92. The smallest absolute Gasteiger partial charge is 0.262 e. The van der Waals surface area contributed by atoms with Gasteiger partial charge >= 0.3 is 0 Å². The number of amides is 1. The molecule has 2 aromatic rings. The third-order valence-corrected chi connectivity index (χ3v) is 4.22. The first-order valence-electron chi connectivity index (χ1n) is 7.47. The Bertz CT molecular complexity index is 711. The van der Waals surface area contributed by atoms with Gasteiger partial charge in [0.25, 0.3) is 5.91 Å². The molecular weight excluding hydrogens is 290 g/mol. The number of aliphatic hydroxyl groups is 1. The number of rotatable bonds is 5. The highest BCUT2D eigenvalue weighted by molar-refractivity contribution is 6.08. The van der Waals surface area contributed by atoms with Gasteiger partial charge < -0.3 is 9.84 Å². The molecule has 1 N–H and O–H groups in total. The van der Waals surface area contributed by atoms with Gasteiger partial charge in [-0.05, 0) is 29.8 Å². The van der Waals surface area contributed by atoms with E-state index in [1.807, 2.05) is 42.5 Å². The Morgan fingerprint density at radius 3 is 2.43 bits per heavy atom. The van der Waals surface area contributed by atoms with E-state index >= 15 is 0 Å². The van der Waals surface area contributed by atoms with Crippen LogP contribution in [-0.4, -0.2) is 23.7 Å². The lowest BCUT2D eigenvalue weighted by molar-refractivity contribution is -0.153. The largest absolute Gasteiger partial charge is 0.497 e. The zero-order valence-electron chi connectivity index (χ0n) is 13.0. The number of anilines is 1. The third-order valence-electron chi connectivity index (χ3n) is 4.22. The molecule has 0 unspecified atom stereocenters. The van der Waals surface area contributed by atoms with Crippen molar-refractivity contribution in [3.8, 4) is 5.75 Å². The van der Waals surface area contributed by atoms with E-state index in [0.717, 1.165) is 17.0 Å². The van der Waals surface area contributed by atoms with Gasteiger partial charge in [-0.2, -0.15) is 0 Å². The molecule has 4 nitrogen and oxygen atoms in total. The summed E-state index contributed by atoms with van der Waals surface area (Å²) in [5.41, 5.74) is 0.189. The number of methoxy groups -OCH3 is 1. The monoisotopic (exact) mass is 309 g/mol. The predicted octanol–water partition coefficient (Wildman–Crippen LogP) is 3.09. The fraction of sp³-hybridized carbons (Fsp3) is 0.211. The lowest BCUT2D eigenvalue weighted by Crippen LogP contribution is -2.68. The van der Waals surface area contributed by atoms with Crippen molar-refractivity contribution < 1.29 is 14.6 Å². The molecule has 2 atom stereocenters. The molecule has 1 fully saturated rings. The third kappa shape index (κ3) is 2.41. The highest BCUT2D eigenvalue weighted by Crippen LogP contribution is 2.48. The minimum atomic E-state index is -1.44. The summed E-state index contributed by atoms with van der Waals surface area (Å²) >= 11 is 0. The molecule has 4 heteroatoms. The van der Waals surface area contributed by atoms with Gasteiger partial charge in [0.2, 0.25) is 0 Å². The first kappa shape index (κ1) is 15.3. The van der Waals surface area contributed by atoms with Crippen molar-refractivity contribution >= 4 is 11.6 Å². The zero-order valence-corrected chi connectivity index (χ0v) is 13.0. The van der Waals surface area contributed by atoms with Crippen molar-refractivity contribution in [1.82, 2.24) is 0 Å². The Morgan fingerprint density at radius 2 is 1.87 bits per heavy atom. The van der Waals surface area contributed by atoms with Crippen LogP contribution in [0.15, 0.2) is 67.3 Å². The van der Waals surface area contributed by atoms with Crippen LogP contribution in [0.25, 0.3) is 0 Å². The lowest BCUT2D eigenvalue weighted by Gasteiger charge is -2.53. The second kappa shape index (κ2) is 5.89. The van der Waals surface area contributed by atoms with E-state index in [1.165, 1.54) is 0 Å². The molecule has 0 radical (unpaired) electrons. The molecule has 1 aliphatic rings. The Labute approximate surface area is 135 Å². The average molecular weight is 309 g/mol. The Hall–Kier alpha value is -2.59. The van der Waals surface area contributed by atoms with Crippen LogP contribution in [0.5, 0.6) is 5.75 Å². The van der Waals surface area contributed by atoms with Crippen LogP contribution in [0.1, 0.15) is 18.0 Å². The number of hydrogen-bond donors (Lipinski definition) is 1. The molecule has 118 valence electrons. The van der Waals surface area contributed by atoms with Crippen molar-refractivity contribution in [2.45, 2.75) is 18.1 Å². The van der Waals surface area contributed by atoms with E-state index in [0.29, 0.717) is 0 Å². The Balaban J connectivity index is 2.01. The van der Waals surface area contributed by atoms with Gasteiger partial charge in [0.15, 0.2) is 5.60 Å². The van der Waals surface area contributed by atoms with E-state index in [4.69, 9.17) is 4.74 Å². The minimum absolute atomic E-state index is 0.220. The number of nitrogens with zero attached hydrogens (tertiary/aromatic N) is 1. The zero-order chi connectivity index (χ0) is 16.4. The first-order chi connectivity index (χ1) is 11.1. The molecule has 0 aliphatic carbocycles. The lowest BCUT2D eigenvalue weighted by atomic mass is 9.75. The maximum absolute atomic E-state index is 12.6. The number of benzene rings is 2. The summed E-state index contributed by atoms with van der Waals surface area (Å²) in [7, 11) is 1.60. The summed E-state index contributed by atoms with van der Waals surface area (Å²) in [6.45, 7) is 3.66. The molecule has 0 bridgehead atoms. The van der Waals surface area contributed by atoms with Gasteiger partial charge in [-0.25, -0.2) is 0 Å². The van der Waals surface area contributed by atoms with Crippen molar-refractivity contribution in [3.63, 3.8) is 0 Å². The standard InChI is InChI=1S/C19H19NO3/c1-3-13-19(22)17(14-7-5-4-6-8-14)20(18(19)21)15-9-11-16(23-2)12-10-15/h3-12,17,22H,1,13H2,2H3/t17-,19+/m1/s1. The topological polar surface area (TPSA) is 49.8 Å². The molecule has 0 aromatic heterocycles. The number of β-lactam (4-membered cyclic amide) rings is 1. The van der Waals surface area contributed by atoms with Crippen molar-refractivity contribution in [2.75, 3.05) is 12.0 Å². The van der Waals surface area contributed by atoms with E-state index in [1.54, 1.807) is 30.2 Å². The second-order valence-corrected chi connectivity index (χ2v) is 5.60. The van der Waals surface area contributed by atoms with Crippen LogP contribution >= 0.6 is 0 Å². The SMILES string of the molecule is C=CC[C@@]1(O)C(=O)N(c2ccc(OC)cc2)[C@@H]1c1ccccc1. The number of carbonyl (C=O) groups excluding carboxylic acids is 1. The van der Waals surface area contributed by atoms with Crippen LogP contribution in [0.2, 0.25) is 0 Å². The average Bonchev–Trinajstić information content (AvgIpc) is 2.60. The van der Waals surface area contributed by atoms with Crippen LogP contribution in [-0.2, 0) is 4.79 Å². The summed E-state index contributed by atoms with van der Waals surface area (Å²) in [6.07, 6.45) is 1.80. The molecule has 1 heterocycles. The molecule has 23 heavy (non-hydrogen) atoms. The van der Waals surface area contributed by atoms with Crippen LogP contribution in [0.3, 0.4) is 0 Å². The first-order valence-corrected chi connectivity index (χ1v) is 7.47. The molecule has 1 saturated heterocycles. The summed E-state index contributed by atoms with van der Waals surface area (Å²) in [6, 6.07) is 16.4. The number of hydrogen-bond acceptors (Lipinski definition) is 3. The van der Waals surface area contributed by atoms with Gasteiger partial charge in [-0.15, -0.1) is 6.58 Å². The molecular formula is C19H19NO3. The van der Waals surface area contributed by atoms with Gasteiger partial charge in [0.05, 0.1) is 7.11 Å². The summed E-state index contributed by atoms with van der Waals surface area (Å²) in [5, 5.41) is 10.8. The second-order valence-electron chi connectivity index (χ2n) is 5.60.